The quantitative estimate of drug-likeness (QED) is 0.220. The molecule has 0 aliphatic carbocycles. The first-order valence-electron chi connectivity index (χ1n) is 11.3. The minimum absolute atomic E-state index is 0.00405. The number of hydrogen-bond donors (Lipinski definition) is 2. The third-order valence-corrected chi connectivity index (χ3v) is 5.54. The number of aromatic hydroxyl groups is 1. The van der Waals surface area contributed by atoms with Crippen molar-refractivity contribution in [2.24, 2.45) is 0 Å². The number of hydrogen-bond acceptors (Lipinski definition) is 7. The molecule has 8 heteroatoms. The maximum Gasteiger partial charge on any atom is 0.408 e. The summed E-state index contributed by atoms with van der Waals surface area (Å²) in [4.78, 5) is 38.0. The summed E-state index contributed by atoms with van der Waals surface area (Å²) in [5.41, 5.74) is 1.66. The molecule has 3 aromatic carbocycles. The number of rotatable bonds is 7. The lowest BCUT2D eigenvalue weighted by atomic mass is 10.1. The molecule has 1 amide bonds. The average Bonchev–Trinajstić information content (AvgIpc) is 2.83. The number of carbonyl (C=O) groups is 2. The molecule has 2 N–H and O–H groups in total. The maximum absolute atomic E-state index is 12.9. The molecule has 8 nitrogen and oxygen atoms in total. The van der Waals surface area contributed by atoms with Gasteiger partial charge in [0.15, 0.2) is 0 Å². The third-order valence-electron chi connectivity index (χ3n) is 5.54. The van der Waals surface area contributed by atoms with Crippen LogP contribution in [-0.2, 0) is 16.1 Å². The molecule has 0 bridgehead atoms. The van der Waals surface area contributed by atoms with Gasteiger partial charge < -0.3 is 24.3 Å². The Morgan fingerprint density at radius 2 is 1.86 bits per heavy atom. The van der Waals surface area contributed by atoms with Crippen LogP contribution in [0.25, 0.3) is 21.9 Å². The Bertz CT molecular complexity index is 1440. The van der Waals surface area contributed by atoms with E-state index in [1.165, 1.54) is 12.1 Å². The Morgan fingerprint density at radius 1 is 1.09 bits per heavy atom. The Labute approximate surface area is 201 Å². The summed E-state index contributed by atoms with van der Waals surface area (Å²) in [6.45, 7) is 3.73. The largest absolute Gasteiger partial charge is 0.507 e. The number of carbonyl (C=O) groups excluding carboxylic acids is 2. The first kappa shape index (κ1) is 23.8. The summed E-state index contributed by atoms with van der Waals surface area (Å²) < 4.78 is 16.5. The van der Waals surface area contributed by atoms with Gasteiger partial charge in [-0.1, -0.05) is 55.8 Å². The van der Waals surface area contributed by atoms with Crippen molar-refractivity contribution >= 4 is 34.0 Å². The second-order valence-corrected chi connectivity index (χ2v) is 8.17. The number of nitrogens with one attached hydrogen (secondary N) is 1. The van der Waals surface area contributed by atoms with Crippen LogP contribution < -0.4 is 15.5 Å². The molecule has 0 fully saturated rings. The van der Waals surface area contributed by atoms with Gasteiger partial charge in [-0.25, -0.2) is 9.59 Å². The van der Waals surface area contributed by atoms with Gasteiger partial charge in [-0.3, -0.25) is 4.79 Å². The predicted molar refractivity (Wildman–Crippen MR) is 130 cm³/mol. The summed E-state index contributed by atoms with van der Waals surface area (Å²) >= 11 is 0. The van der Waals surface area contributed by atoms with Crippen LogP contribution in [0.1, 0.15) is 30.9 Å². The molecule has 180 valence electrons. The fourth-order valence-electron chi connectivity index (χ4n) is 3.79. The van der Waals surface area contributed by atoms with E-state index in [1.54, 1.807) is 25.1 Å². The lowest BCUT2D eigenvalue weighted by Gasteiger charge is -2.17. The van der Waals surface area contributed by atoms with Crippen LogP contribution in [-0.4, -0.2) is 23.2 Å². The van der Waals surface area contributed by atoms with Crippen molar-refractivity contribution in [2.75, 3.05) is 0 Å². The first-order chi connectivity index (χ1) is 16.9. The van der Waals surface area contributed by atoms with Gasteiger partial charge >= 0.3 is 12.1 Å². The summed E-state index contributed by atoms with van der Waals surface area (Å²) in [5.74, 6) is -1.12. The number of phenols is 1. The molecule has 0 aliphatic heterocycles. The molecule has 0 aliphatic rings. The van der Waals surface area contributed by atoms with Crippen molar-refractivity contribution in [3.8, 4) is 11.5 Å². The van der Waals surface area contributed by atoms with Crippen molar-refractivity contribution in [1.29, 1.82) is 0 Å². The number of benzene rings is 3. The smallest absolute Gasteiger partial charge is 0.408 e. The van der Waals surface area contributed by atoms with E-state index in [0.717, 1.165) is 11.1 Å². The normalized spacial score (nSPS) is 11.8. The first-order valence-corrected chi connectivity index (χ1v) is 11.3. The molecule has 0 radical (unpaired) electrons. The van der Waals surface area contributed by atoms with Gasteiger partial charge in [0.25, 0.3) is 0 Å². The van der Waals surface area contributed by atoms with E-state index in [4.69, 9.17) is 13.9 Å². The number of para-hydroxylation sites is 1. The van der Waals surface area contributed by atoms with E-state index in [1.807, 2.05) is 37.3 Å². The van der Waals surface area contributed by atoms with E-state index < -0.39 is 18.1 Å². The van der Waals surface area contributed by atoms with Crippen molar-refractivity contribution in [3.63, 3.8) is 0 Å². The zero-order valence-corrected chi connectivity index (χ0v) is 19.4. The zero-order valence-electron chi connectivity index (χ0n) is 19.4. The Morgan fingerprint density at radius 3 is 2.60 bits per heavy atom. The molecule has 4 aromatic rings. The highest BCUT2D eigenvalue weighted by atomic mass is 16.6. The predicted octanol–water partition coefficient (Wildman–Crippen LogP) is 4.96. The van der Waals surface area contributed by atoms with Crippen LogP contribution in [0.2, 0.25) is 0 Å². The monoisotopic (exact) mass is 475 g/mol. The Kier molecular flexibility index (Phi) is 7.01. The van der Waals surface area contributed by atoms with Crippen LogP contribution in [0.3, 0.4) is 0 Å². The van der Waals surface area contributed by atoms with Crippen LogP contribution in [0.5, 0.6) is 11.5 Å². The van der Waals surface area contributed by atoms with Gasteiger partial charge in [0.2, 0.25) is 5.43 Å². The average molecular weight is 475 g/mol. The highest BCUT2D eigenvalue weighted by molar-refractivity contribution is 5.95. The van der Waals surface area contributed by atoms with E-state index in [9.17, 15) is 19.5 Å². The number of aryl methyl sites for hydroxylation is 1. The number of ether oxygens (including phenoxy) is 2. The van der Waals surface area contributed by atoms with Gasteiger partial charge in [0, 0.05) is 12.1 Å². The summed E-state index contributed by atoms with van der Waals surface area (Å²) in [6.07, 6.45) is 0.165. The van der Waals surface area contributed by atoms with Crippen molar-refractivity contribution < 1.29 is 28.6 Å². The highest BCUT2D eigenvalue weighted by Crippen LogP contribution is 2.31. The second kappa shape index (κ2) is 10.3. The van der Waals surface area contributed by atoms with E-state index in [0.29, 0.717) is 23.8 Å². The maximum atomic E-state index is 12.9. The summed E-state index contributed by atoms with van der Waals surface area (Å²) in [6, 6.07) is 15.9. The van der Waals surface area contributed by atoms with E-state index in [-0.39, 0.29) is 34.5 Å². The van der Waals surface area contributed by atoms with E-state index in [2.05, 4.69) is 5.32 Å². The summed E-state index contributed by atoms with van der Waals surface area (Å²) in [7, 11) is 0. The molecule has 1 atom stereocenters. The molecule has 0 saturated carbocycles. The molecular formula is C27H25NO7. The van der Waals surface area contributed by atoms with E-state index >= 15 is 0 Å². The molecule has 35 heavy (non-hydrogen) atoms. The lowest BCUT2D eigenvalue weighted by molar-refractivity contribution is -0.136. The number of amides is 1. The molecule has 1 heterocycles. The molecule has 0 saturated heterocycles. The van der Waals surface area contributed by atoms with Crippen molar-refractivity contribution in [2.45, 2.75) is 39.3 Å². The number of phenolic OH excluding ortho intramolecular Hbond substituents is 1. The SMILES string of the molecule is CCC[C@@H](NC(=O)OCc1ccccc1)C(=O)Oc1cc(O)c2c(=O)c3cccc(C)c3oc2c1. The molecule has 4 rings (SSSR count). The second-order valence-electron chi connectivity index (χ2n) is 8.17. The van der Waals surface area contributed by atoms with Crippen molar-refractivity contribution in [3.05, 3.63) is 82.0 Å². The Balaban J connectivity index is 1.53. The van der Waals surface area contributed by atoms with Gasteiger partial charge in [-0.15, -0.1) is 0 Å². The summed E-state index contributed by atoms with van der Waals surface area (Å²) in [5, 5.41) is 13.4. The minimum atomic E-state index is -0.966. The standard InChI is InChI=1S/C27H25NO7/c1-3-8-20(28-27(32)33-15-17-10-5-4-6-11-17)26(31)34-18-13-21(29)23-22(14-18)35-25-16(2)9-7-12-19(25)24(23)30/h4-7,9-14,20,29H,3,8,15H2,1-2H3,(H,28,32)/t20-/m1/s1. The number of alkyl carbamates (subject to hydrolysis) is 1. The van der Waals surface area contributed by atoms with Crippen LogP contribution >= 0.6 is 0 Å². The molecule has 0 unspecified atom stereocenters. The van der Waals surface area contributed by atoms with Gasteiger partial charge in [0.1, 0.15) is 40.7 Å². The molecular weight excluding hydrogens is 450 g/mol. The van der Waals surface area contributed by atoms with Crippen LogP contribution in [0.4, 0.5) is 4.79 Å². The van der Waals surface area contributed by atoms with Gasteiger partial charge in [-0.05, 0) is 30.5 Å². The van der Waals surface area contributed by atoms with Crippen LogP contribution in [0, 0.1) is 6.92 Å². The molecule has 0 spiro atoms. The lowest BCUT2D eigenvalue weighted by Crippen LogP contribution is -2.43. The fraction of sp³-hybridized carbons (Fsp3) is 0.222. The van der Waals surface area contributed by atoms with Gasteiger partial charge in [0.05, 0.1) is 5.39 Å². The molecule has 1 aromatic heterocycles. The number of esters is 1. The zero-order chi connectivity index (χ0) is 24.9. The minimum Gasteiger partial charge on any atom is -0.507 e. The number of fused-ring (bicyclic) bond motifs is 2. The van der Waals surface area contributed by atoms with Crippen molar-refractivity contribution in [1.82, 2.24) is 5.32 Å². The topological polar surface area (TPSA) is 115 Å². The highest BCUT2D eigenvalue weighted by Gasteiger charge is 2.24. The van der Waals surface area contributed by atoms with Gasteiger partial charge in [-0.2, -0.15) is 0 Å². The fourth-order valence-corrected chi connectivity index (χ4v) is 3.79. The third kappa shape index (κ3) is 5.27. The van der Waals surface area contributed by atoms with Crippen LogP contribution in [0.15, 0.2) is 69.9 Å². The Hall–Kier alpha value is -4.33.